The third-order valence-electron chi connectivity index (χ3n) is 3.32. The summed E-state index contributed by atoms with van der Waals surface area (Å²) in [5.41, 5.74) is 1.86. The summed E-state index contributed by atoms with van der Waals surface area (Å²) in [5.74, 6) is 0.512. The van der Waals surface area contributed by atoms with Gasteiger partial charge in [0.25, 0.3) is 0 Å². The minimum atomic E-state index is -0.197. The molecular formula is C16H15FN2O. The third-order valence-corrected chi connectivity index (χ3v) is 3.32. The predicted molar refractivity (Wildman–Crippen MR) is 76.1 cm³/mol. The Bertz CT molecular complexity index is 722. The van der Waals surface area contributed by atoms with Crippen LogP contribution in [0.4, 0.5) is 4.39 Å². The molecule has 2 heterocycles. The van der Waals surface area contributed by atoms with Crippen molar-refractivity contribution in [2.45, 2.75) is 20.1 Å². The first kappa shape index (κ1) is 12.7. The number of fused-ring (bicyclic) bond motifs is 1. The van der Waals surface area contributed by atoms with Gasteiger partial charge in [-0.1, -0.05) is 6.07 Å². The lowest BCUT2D eigenvalue weighted by molar-refractivity contribution is 0.295. The summed E-state index contributed by atoms with van der Waals surface area (Å²) in [7, 11) is 0. The van der Waals surface area contributed by atoms with Gasteiger partial charge in [0, 0.05) is 18.1 Å². The number of benzene rings is 1. The van der Waals surface area contributed by atoms with Crippen LogP contribution in [-0.2, 0) is 13.2 Å². The van der Waals surface area contributed by atoms with Gasteiger partial charge in [-0.25, -0.2) is 4.39 Å². The summed E-state index contributed by atoms with van der Waals surface area (Å²) < 4.78 is 21.6. The molecule has 1 aromatic carbocycles. The van der Waals surface area contributed by atoms with Crippen LogP contribution in [0.1, 0.15) is 12.6 Å². The fourth-order valence-corrected chi connectivity index (χ4v) is 2.39. The van der Waals surface area contributed by atoms with E-state index in [0.29, 0.717) is 17.7 Å². The lowest BCUT2D eigenvalue weighted by Gasteiger charge is -2.09. The Morgan fingerprint density at radius 2 is 2.15 bits per heavy atom. The first-order valence-electron chi connectivity index (χ1n) is 6.59. The van der Waals surface area contributed by atoms with Crippen LogP contribution in [0.15, 0.2) is 48.8 Å². The summed E-state index contributed by atoms with van der Waals surface area (Å²) in [5, 5.41) is 0.638. The fourth-order valence-electron chi connectivity index (χ4n) is 2.39. The van der Waals surface area contributed by atoms with Crippen LogP contribution in [0, 0.1) is 5.82 Å². The Morgan fingerprint density at radius 3 is 2.90 bits per heavy atom. The highest BCUT2D eigenvalue weighted by Crippen LogP contribution is 2.23. The van der Waals surface area contributed by atoms with E-state index in [0.717, 1.165) is 17.8 Å². The average molecular weight is 270 g/mol. The van der Waals surface area contributed by atoms with Crippen molar-refractivity contribution in [3.8, 4) is 5.75 Å². The molecule has 0 radical (unpaired) electrons. The van der Waals surface area contributed by atoms with E-state index >= 15 is 0 Å². The van der Waals surface area contributed by atoms with Crippen molar-refractivity contribution in [1.29, 1.82) is 0 Å². The smallest absolute Gasteiger partial charge is 0.138 e. The highest BCUT2D eigenvalue weighted by molar-refractivity contribution is 5.82. The maximum atomic E-state index is 13.8. The van der Waals surface area contributed by atoms with Crippen LogP contribution in [0.2, 0.25) is 0 Å². The maximum absolute atomic E-state index is 13.8. The molecule has 0 N–H and O–H groups in total. The van der Waals surface area contributed by atoms with Crippen molar-refractivity contribution in [2.24, 2.45) is 0 Å². The monoisotopic (exact) mass is 270 g/mol. The Labute approximate surface area is 116 Å². The molecule has 2 aromatic heterocycles. The topological polar surface area (TPSA) is 27.1 Å². The molecule has 0 spiro atoms. The van der Waals surface area contributed by atoms with E-state index in [1.807, 2.05) is 31.2 Å². The molecule has 3 rings (SSSR count). The number of ether oxygens (including phenoxy) is 1. The molecule has 3 aromatic rings. The van der Waals surface area contributed by atoms with Crippen molar-refractivity contribution in [3.63, 3.8) is 0 Å². The number of aromatic nitrogens is 2. The first-order valence-corrected chi connectivity index (χ1v) is 6.59. The number of hydrogen-bond acceptors (Lipinski definition) is 2. The van der Waals surface area contributed by atoms with Gasteiger partial charge in [0.15, 0.2) is 0 Å². The van der Waals surface area contributed by atoms with Crippen molar-refractivity contribution in [1.82, 2.24) is 9.55 Å². The van der Waals surface area contributed by atoms with Gasteiger partial charge < -0.3 is 9.30 Å². The highest BCUT2D eigenvalue weighted by atomic mass is 19.1. The molecule has 3 nitrogen and oxygen atoms in total. The van der Waals surface area contributed by atoms with Crippen LogP contribution in [0.25, 0.3) is 10.9 Å². The van der Waals surface area contributed by atoms with Crippen molar-refractivity contribution >= 4 is 10.9 Å². The quantitative estimate of drug-likeness (QED) is 0.721. The molecule has 0 unspecified atom stereocenters. The second-order valence-electron chi connectivity index (χ2n) is 4.53. The molecule has 0 aliphatic heterocycles. The Morgan fingerprint density at radius 1 is 1.25 bits per heavy atom. The summed E-state index contributed by atoms with van der Waals surface area (Å²) in [6.07, 6.45) is 3.37. The van der Waals surface area contributed by atoms with E-state index in [1.165, 1.54) is 6.07 Å². The zero-order chi connectivity index (χ0) is 13.9. The number of halogens is 1. The molecule has 0 amide bonds. The van der Waals surface area contributed by atoms with Gasteiger partial charge in [0.1, 0.15) is 18.2 Å². The molecule has 0 fully saturated rings. The van der Waals surface area contributed by atoms with Gasteiger partial charge in [-0.3, -0.25) is 4.98 Å². The van der Waals surface area contributed by atoms with Crippen molar-refractivity contribution < 1.29 is 9.13 Å². The summed E-state index contributed by atoms with van der Waals surface area (Å²) >= 11 is 0. The Hall–Kier alpha value is -2.36. The number of pyridine rings is 1. The number of hydrogen-bond donors (Lipinski definition) is 0. The molecule has 0 saturated carbocycles. The summed E-state index contributed by atoms with van der Waals surface area (Å²) in [4.78, 5) is 4.00. The van der Waals surface area contributed by atoms with Gasteiger partial charge in [0.2, 0.25) is 0 Å². The molecule has 0 atom stereocenters. The molecule has 102 valence electrons. The maximum Gasteiger partial charge on any atom is 0.138 e. The molecule has 4 heteroatoms. The van der Waals surface area contributed by atoms with E-state index in [1.54, 1.807) is 18.5 Å². The van der Waals surface area contributed by atoms with Crippen LogP contribution < -0.4 is 4.74 Å². The van der Waals surface area contributed by atoms with E-state index in [-0.39, 0.29) is 5.82 Å². The molecular weight excluding hydrogens is 255 g/mol. The predicted octanol–water partition coefficient (Wildman–Crippen LogP) is 3.77. The van der Waals surface area contributed by atoms with Crippen LogP contribution in [0.3, 0.4) is 0 Å². The highest BCUT2D eigenvalue weighted by Gasteiger charge is 2.11. The lowest BCUT2D eigenvalue weighted by atomic mass is 10.2. The van der Waals surface area contributed by atoms with Crippen LogP contribution >= 0.6 is 0 Å². The number of nitrogens with zero attached hydrogens (tertiary/aromatic N) is 2. The van der Waals surface area contributed by atoms with Crippen LogP contribution in [-0.4, -0.2) is 9.55 Å². The summed E-state index contributed by atoms with van der Waals surface area (Å²) in [6.45, 7) is 3.21. The molecule has 20 heavy (non-hydrogen) atoms. The van der Waals surface area contributed by atoms with Gasteiger partial charge in [0.05, 0.1) is 17.4 Å². The molecule has 0 bridgehead atoms. The number of rotatable bonds is 4. The fraction of sp³-hybridized carbons (Fsp3) is 0.188. The molecule has 0 aliphatic carbocycles. The Balaban J connectivity index is 1.93. The minimum absolute atomic E-state index is 0.197. The van der Waals surface area contributed by atoms with Gasteiger partial charge in [-0.05, 0) is 37.3 Å². The minimum Gasteiger partial charge on any atom is -0.486 e. The normalized spacial score (nSPS) is 10.9. The van der Waals surface area contributed by atoms with Gasteiger partial charge in [-0.15, -0.1) is 0 Å². The van der Waals surface area contributed by atoms with Crippen LogP contribution in [0.5, 0.6) is 5.75 Å². The third kappa shape index (κ3) is 2.25. The van der Waals surface area contributed by atoms with E-state index in [9.17, 15) is 4.39 Å². The van der Waals surface area contributed by atoms with Gasteiger partial charge in [-0.2, -0.15) is 0 Å². The van der Waals surface area contributed by atoms with E-state index < -0.39 is 0 Å². The van der Waals surface area contributed by atoms with Crippen molar-refractivity contribution in [2.75, 3.05) is 0 Å². The summed E-state index contributed by atoms with van der Waals surface area (Å²) in [6, 6.07) is 10.7. The second kappa shape index (κ2) is 5.33. The first-order chi connectivity index (χ1) is 9.79. The Kier molecular flexibility index (Phi) is 3.37. The average Bonchev–Trinajstić information content (AvgIpc) is 2.85. The largest absolute Gasteiger partial charge is 0.486 e. The second-order valence-corrected chi connectivity index (χ2v) is 4.53. The van der Waals surface area contributed by atoms with E-state index in [2.05, 4.69) is 9.55 Å². The molecule has 0 aliphatic rings. The zero-order valence-electron chi connectivity index (χ0n) is 11.2. The van der Waals surface area contributed by atoms with E-state index in [4.69, 9.17) is 4.74 Å². The standard InChI is InChI=1S/C16H15FN2O/c1-2-19-12(11-20-13-5-4-8-18-10-13)9-14-15(17)6-3-7-16(14)19/h3-10H,2,11H2,1H3. The SMILES string of the molecule is CCn1c(COc2cccnc2)cc2c(F)cccc21. The lowest BCUT2D eigenvalue weighted by Crippen LogP contribution is -2.04. The number of aryl methyl sites for hydroxylation is 1. The zero-order valence-corrected chi connectivity index (χ0v) is 11.2. The van der Waals surface area contributed by atoms with Crippen molar-refractivity contribution in [3.05, 3.63) is 60.3 Å². The van der Waals surface area contributed by atoms with Gasteiger partial charge >= 0.3 is 0 Å². The molecule has 0 saturated heterocycles.